The maximum Gasteiger partial charge on any atom is 0.191 e. The summed E-state index contributed by atoms with van der Waals surface area (Å²) in [5.41, 5.74) is 2.18. The van der Waals surface area contributed by atoms with Crippen molar-refractivity contribution < 1.29 is 4.74 Å². The lowest BCUT2D eigenvalue weighted by atomic mass is 9.98. The van der Waals surface area contributed by atoms with Crippen molar-refractivity contribution in [2.24, 2.45) is 4.99 Å². The van der Waals surface area contributed by atoms with Gasteiger partial charge in [-0.15, -0.1) is 0 Å². The van der Waals surface area contributed by atoms with Gasteiger partial charge >= 0.3 is 0 Å². The van der Waals surface area contributed by atoms with Gasteiger partial charge in [-0.05, 0) is 23.3 Å². The molecule has 23 heavy (non-hydrogen) atoms. The van der Waals surface area contributed by atoms with Gasteiger partial charge in [0.15, 0.2) is 5.96 Å². The molecule has 0 saturated carbocycles. The molecule has 0 bridgehead atoms. The Morgan fingerprint density at radius 2 is 2.00 bits per heavy atom. The van der Waals surface area contributed by atoms with E-state index in [0.29, 0.717) is 0 Å². The summed E-state index contributed by atoms with van der Waals surface area (Å²) in [6, 6.07) is 16.0. The molecule has 5 heteroatoms. The second-order valence-electron chi connectivity index (χ2n) is 5.39. The first-order valence-corrected chi connectivity index (χ1v) is 8.07. The molecule has 1 atom stereocenters. The Labute approximate surface area is 141 Å². The molecule has 0 aromatic heterocycles. The minimum absolute atomic E-state index is 0.0179. The molecule has 0 aliphatic carbocycles. The third kappa shape index (κ3) is 3.77. The highest BCUT2D eigenvalue weighted by molar-refractivity contribution is 6.31. The van der Waals surface area contributed by atoms with Crippen LogP contribution in [0.2, 0.25) is 5.02 Å². The molecule has 0 fully saturated rings. The molecule has 2 aromatic carbocycles. The van der Waals surface area contributed by atoms with E-state index < -0.39 is 0 Å². The van der Waals surface area contributed by atoms with Gasteiger partial charge in [0.2, 0.25) is 0 Å². The molecule has 120 valence electrons. The normalized spacial score (nSPS) is 14.8. The minimum atomic E-state index is 0.0179. The number of halogens is 1. The van der Waals surface area contributed by atoms with Crippen LogP contribution in [0.25, 0.3) is 0 Å². The highest BCUT2D eigenvalue weighted by Crippen LogP contribution is 2.29. The quantitative estimate of drug-likeness (QED) is 0.885. The van der Waals surface area contributed by atoms with Crippen molar-refractivity contribution in [3.8, 4) is 5.75 Å². The van der Waals surface area contributed by atoms with E-state index in [4.69, 9.17) is 16.3 Å². The third-order valence-corrected chi connectivity index (χ3v) is 4.23. The molecule has 4 nitrogen and oxygen atoms in total. The van der Waals surface area contributed by atoms with Gasteiger partial charge in [0.1, 0.15) is 5.75 Å². The van der Waals surface area contributed by atoms with Crippen LogP contribution in [0.1, 0.15) is 17.2 Å². The number of ether oxygens (including phenoxy) is 1. The first-order valence-electron chi connectivity index (χ1n) is 7.69. The van der Waals surface area contributed by atoms with E-state index >= 15 is 0 Å². The molecule has 2 N–H and O–H groups in total. The Kier molecular flexibility index (Phi) is 5.03. The Balaban J connectivity index is 1.90. The Bertz CT molecular complexity index is 702. The van der Waals surface area contributed by atoms with Crippen LogP contribution in [0.4, 0.5) is 0 Å². The van der Waals surface area contributed by atoms with Crippen molar-refractivity contribution in [1.82, 2.24) is 10.6 Å². The fourth-order valence-corrected chi connectivity index (χ4v) is 3.02. The molecule has 0 spiro atoms. The summed E-state index contributed by atoms with van der Waals surface area (Å²) in [6.07, 6.45) is 0.758. The Hall–Kier alpha value is -2.20. The van der Waals surface area contributed by atoms with E-state index in [9.17, 15) is 0 Å². The second-order valence-corrected chi connectivity index (χ2v) is 5.80. The van der Waals surface area contributed by atoms with Gasteiger partial charge in [0.05, 0.1) is 19.7 Å². The van der Waals surface area contributed by atoms with Gasteiger partial charge in [0, 0.05) is 18.0 Å². The van der Waals surface area contributed by atoms with Gasteiger partial charge in [-0.25, -0.2) is 0 Å². The number of nitrogens with one attached hydrogen (secondary N) is 2. The number of aliphatic imine (C=N–C) groups is 1. The van der Waals surface area contributed by atoms with Gasteiger partial charge in [-0.3, -0.25) is 4.99 Å². The number of methoxy groups -OCH3 is 1. The zero-order chi connectivity index (χ0) is 16.1. The predicted molar refractivity (Wildman–Crippen MR) is 94.3 cm³/mol. The van der Waals surface area contributed by atoms with Gasteiger partial charge < -0.3 is 15.4 Å². The van der Waals surface area contributed by atoms with E-state index in [-0.39, 0.29) is 6.04 Å². The SMILES string of the molecule is COc1ccccc1CC(NC1=NCCN1)c1ccccc1Cl. The lowest BCUT2D eigenvalue weighted by molar-refractivity contribution is 0.407. The van der Waals surface area contributed by atoms with Crippen molar-refractivity contribution in [3.05, 3.63) is 64.7 Å². The largest absolute Gasteiger partial charge is 0.496 e. The summed E-state index contributed by atoms with van der Waals surface area (Å²) in [4.78, 5) is 4.43. The zero-order valence-corrected chi connectivity index (χ0v) is 13.8. The van der Waals surface area contributed by atoms with Crippen LogP contribution in [0.15, 0.2) is 53.5 Å². The fourth-order valence-electron chi connectivity index (χ4n) is 2.75. The molecule has 3 rings (SSSR count). The molecule has 2 aromatic rings. The molecule has 1 aliphatic rings. The molecule has 0 radical (unpaired) electrons. The minimum Gasteiger partial charge on any atom is -0.496 e. The summed E-state index contributed by atoms with van der Waals surface area (Å²) in [6.45, 7) is 1.67. The maximum absolute atomic E-state index is 6.41. The first-order chi connectivity index (χ1) is 11.3. The highest BCUT2D eigenvalue weighted by Gasteiger charge is 2.19. The molecule has 1 aliphatic heterocycles. The lowest BCUT2D eigenvalue weighted by Crippen LogP contribution is -2.37. The molecule has 0 saturated heterocycles. The van der Waals surface area contributed by atoms with Crippen molar-refractivity contribution >= 4 is 17.6 Å². The fraction of sp³-hybridized carbons (Fsp3) is 0.278. The number of guanidine groups is 1. The average molecular weight is 330 g/mol. The smallest absolute Gasteiger partial charge is 0.191 e. The highest BCUT2D eigenvalue weighted by atomic mass is 35.5. The van der Waals surface area contributed by atoms with Crippen LogP contribution >= 0.6 is 11.6 Å². The van der Waals surface area contributed by atoms with Crippen LogP contribution in [0.3, 0.4) is 0 Å². The monoisotopic (exact) mass is 329 g/mol. The topological polar surface area (TPSA) is 45.6 Å². The van der Waals surface area contributed by atoms with Gasteiger partial charge in [-0.2, -0.15) is 0 Å². The third-order valence-electron chi connectivity index (χ3n) is 3.88. The van der Waals surface area contributed by atoms with E-state index in [1.807, 2.05) is 42.5 Å². The maximum atomic E-state index is 6.41. The van der Waals surface area contributed by atoms with Crippen molar-refractivity contribution in [2.45, 2.75) is 12.5 Å². The summed E-state index contributed by atoms with van der Waals surface area (Å²) in [5.74, 6) is 1.71. The van der Waals surface area contributed by atoms with Crippen molar-refractivity contribution in [2.75, 3.05) is 20.2 Å². The lowest BCUT2D eigenvalue weighted by Gasteiger charge is -2.22. The standard InChI is InChI=1S/C18H20ClN3O/c1-23-17-9-5-2-6-13(17)12-16(22-18-20-10-11-21-18)14-7-3-4-8-15(14)19/h2-9,16H,10-12H2,1H3,(H2,20,21,22). The van der Waals surface area contributed by atoms with E-state index in [1.165, 1.54) is 0 Å². The molecule has 1 heterocycles. The number of benzene rings is 2. The first kappa shape index (κ1) is 15.7. The van der Waals surface area contributed by atoms with Gasteiger partial charge in [-0.1, -0.05) is 48.0 Å². The van der Waals surface area contributed by atoms with Crippen LogP contribution in [0, 0.1) is 0 Å². The summed E-state index contributed by atoms with van der Waals surface area (Å²) >= 11 is 6.41. The molecule has 1 unspecified atom stereocenters. The molecular weight excluding hydrogens is 310 g/mol. The molecular formula is C18H20ClN3O. The predicted octanol–water partition coefficient (Wildman–Crippen LogP) is 3.18. The second kappa shape index (κ2) is 7.38. The zero-order valence-electron chi connectivity index (χ0n) is 13.1. The van der Waals surface area contributed by atoms with Crippen LogP contribution < -0.4 is 15.4 Å². The van der Waals surface area contributed by atoms with Crippen molar-refractivity contribution in [3.63, 3.8) is 0 Å². The summed E-state index contributed by atoms with van der Waals surface area (Å²) < 4.78 is 5.48. The van der Waals surface area contributed by atoms with E-state index in [1.54, 1.807) is 7.11 Å². The van der Waals surface area contributed by atoms with Crippen LogP contribution in [-0.4, -0.2) is 26.2 Å². The summed E-state index contributed by atoms with van der Waals surface area (Å²) in [7, 11) is 1.69. The van der Waals surface area contributed by atoms with Crippen LogP contribution in [-0.2, 0) is 6.42 Å². The number of hydrogen-bond donors (Lipinski definition) is 2. The average Bonchev–Trinajstić information content (AvgIpc) is 3.08. The number of hydrogen-bond acceptors (Lipinski definition) is 4. The number of rotatable bonds is 5. The summed E-state index contributed by atoms with van der Waals surface area (Å²) in [5, 5.41) is 7.48. The van der Waals surface area contributed by atoms with Crippen molar-refractivity contribution in [1.29, 1.82) is 0 Å². The Morgan fingerprint density at radius 1 is 1.22 bits per heavy atom. The van der Waals surface area contributed by atoms with Crippen LogP contribution in [0.5, 0.6) is 5.75 Å². The number of nitrogens with zero attached hydrogens (tertiary/aromatic N) is 1. The number of para-hydroxylation sites is 1. The van der Waals surface area contributed by atoms with E-state index in [0.717, 1.165) is 47.4 Å². The van der Waals surface area contributed by atoms with Gasteiger partial charge in [0.25, 0.3) is 0 Å². The van der Waals surface area contributed by atoms with E-state index in [2.05, 4.69) is 21.7 Å². The Morgan fingerprint density at radius 3 is 2.74 bits per heavy atom. The molecule has 0 amide bonds.